The molecule has 0 atom stereocenters. The molecule has 0 aliphatic heterocycles. The van der Waals surface area contributed by atoms with Crippen molar-refractivity contribution in [2.75, 3.05) is 31.3 Å². The smallest absolute Gasteiger partial charge is 0.389 e. The average molecular weight is 262 g/mol. The molecule has 0 spiro atoms. The SMILES string of the molecule is CN(C)c1ccc(N)c(OCCCC(F)(F)F)c1. The monoisotopic (exact) mass is 262 g/mol. The van der Waals surface area contributed by atoms with Crippen LogP contribution < -0.4 is 15.4 Å². The first-order valence-corrected chi connectivity index (χ1v) is 5.56. The molecule has 2 N–H and O–H groups in total. The lowest BCUT2D eigenvalue weighted by molar-refractivity contribution is -0.136. The first-order valence-electron chi connectivity index (χ1n) is 5.56. The van der Waals surface area contributed by atoms with Gasteiger partial charge in [0.1, 0.15) is 5.75 Å². The Hall–Kier alpha value is -1.59. The Labute approximate surface area is 104 Å². The Morgan fingerprint density at radius 3 is 2.50 bits per heavy atom. The minimum absolute atomic E-state index is 0.000587. The van der Waals surface area contributed by atoms with Crippen molar-refractivity contribution in [3.63, 3.8) is 0 Å². The number of hydrogen-bond donors (Lipinski definition) is 1. The fourth-order valence-electron chi connectivity index (χ4n) is 1.38. The van der Waals surface area contributed by atoms with E-state index in [0.29, 0.717) is 11.4 Å². The molecule has 1 aromatic rings. The van der Waals surface area contributed by atoms with Crippen molar-refractivity contribution in [1.82, 2.24) is 0 Å². The summed E-state index contributed by atoms with van der Waals surface area (Å²) >= 11 is 0. The van der Waals surface area contributed by atoms with Crippen molar-refractivity contribution in [3.8, 4) is 5.75 Å². The summed E-state index contributed by atoms with van der Waals surface area (Å²) in [5.41, 5.74) is 7.00. The van der Waals surface area contributed by atoms with E-state index in [-0.39, 0.29) is 13.0 Å². The van der Waals surface area contributed by atoms with Gasteiger partial charge in [-0.1, -0.05) is 0 Å². The predicted molar refractivity (Wildman–Crippen MR) is 66.0 cm³/mol. The summed E-state index contributed by atoms with van der Waals surface area (Å²) in [6.07, 6.45) is -5.06. The normalized spacial score (nSPS) is 11.4. The number of halogens is 3. The highest BCUT2D eigenvalue weighted by Crippen LogP contribution is 2.27. The molecule has 0 unspecified atom stereocenters. The summed E-state index contributed by atoms with van der Waals surface area (Å²) in [7, 11) is 3.72. The van der Waals surface area contributed by atoms with E-state index >= 15 is 0 Å². The zero-order valence-corrected chi connectivity index (χ0v) is 10.4. The molecule has 6 heteroatoms. The van der Waals surface area contributed by atoms with Crippen molar-refractivity contribution < 1.29 is 17.9 Å². The van der Waals surface area contributed by atoms with E-state index in [9.17, 15) is 13.2 Å². The van der Waals surface area contributed by atoms with Crippen LogP contribution in [0.5, 0.6) is 5.75 Å². The molecule has 0 radical (unpaired) electrons. The van der Waals surface area contributed by atoms with Crippen molar-refractivity contribution in [3.05, 3.63) is 18.2 Å². The summed E-state index contributed by atoms with van der Waals surface area (Å²) in [6.45, 7) is 0.000587. The van der Waals surface area contributed by atoms with Crippen LogP contribution in [0.1, 0.15) is 12.8 Å². The van der Waals surface area contributed by atoms with Gasteiger partial charge in [0.05, 0.1) is 12.3 Å². The second kappa shape index (κ2) is 5.84. The Morgan fingerprint density at radius 1 is 1.28 bits per heavy atom. The zero-order valence-electron chi connectivity index (χ0n) is 10.4. The van der Waals surface area contributed by atoms with Crippen LogP contribution in [0.15, 0.2) is 18.2 Å². The van der Waals surface area contributed by atoms with Crippen LogP contribution in [0.2, 0.25) is 0 Å². The van der Waals surface area contributed by atoms with Gasteiger partial charge in [0.2, 0.25) is 0 Å². The van der Waals surface area contributed by atoms with E-state index in [2.05, 4.69) is 0 Å². The molecule has 0 aromatic heterocycles. The van der Waals surface area contributed by atoms with Crippen LogP contribution in [0.25, 0.3) is 0 Å². The van der Waals surface area contributed by atoms with E-state index in [1.54, 1.807) is 12.1 Å². The van der Waals surface area contributed by atoms with Crippen LogP contribution in [-0.2, 0) is 0 Å². The molecule has 1 rings (SSSR count). The molecule has 0 amide bonds. The summed E-state index contributed by atoms with van der Waals surface area (Å²) < 4.78 is 41.1. The van der Waals surface area contributed by atoms with Gasteiger partial charge in [-0.3, -0.25) is 0 Å². The van der Waals surface area contributed by atoms with E-state index in [1.165, 1.54) is 0 Å². The van der Waals surface area contributed by atoms with Crippen LogP contribution in [-0.4, -0.2) is 26.9 Å². The van der Waals surface area contributed by atoms with E-state index < -0.39 is 12.6 Å². The molecule has 0 aliphatic carbocycles. The van der Waals surface area contributed by atoms with E-state index in [1.807, 2.05) is 25.1 Å². The molecule has 0 aliphatic rings. The molecule has 102 valence electrons. The maximum atomic E-state index is 11.9. The molecule has 0 saturated heterocycles. The van der Waals surface area contributed by atoms with Gasteiger partial charge in [-0.2, -0.15) is 13.2 Å². The summed E-state index contributed by atoms with van der Waals surface area (Å²) in [5.74, 6) is 0.420. The number of nitrogens with zero attached hydrogens (tertiary/aromatic N) is 1. The Morgan fingerprint density at radius 2 is 1.94 bits per heavy atom. The van der Waals surface area contributed by atoms with Gasteiger partial charge in [-0.25, -0.2) is 0 Å². The van der Waals surface area contributed by atoms with Crippen molar-refractivity contribution in [2.45, 2.75) is 19.0 Å². The minimum atomic E-state index is -4.14. The molecule has 0 bridgehead atoms. The minimum Gasteiger partial charge on any atom is -0.491 e. The Bertz CT molecular complexity index is 391. The highest BCUT2D eigenvalue weighted by atomic mass is 19.4. The number of nitrogen functional groups attached to an aromatic ring is 1. The fourth-order valence-corrected chi connectivity index (χ4v) is 1.38. The number of rotatable bonds is 5. The van der Waals surface area contributed by atoms with Gasteiger partial charge in [-0.15, -0.1) is 0 Å². The van der Waals surface area contributed by atoms with Crippen LogP contribution in [0, 0.1) is 0 Å². The van der Waals surface area contributed by atoms with Gasteiger partial charge >= 0.3 is 6.18 Å². The Balaban J connectivity index is 2.54. The maximum absolute atomic E-state index is 11.9. The summed E-state index contributed by atoms with van der Waals surface area (Å²) in [4.78, 5) is 1.86. The third-order valence-corrected chi connectivity index (χ3v) is 2.38. The van der Waals surface area contributed by atoms with Gasteiger partial charge in [0.15, 0.2) is 0 Å². The fraction of sp³-hybridized carbons (Fsp3) is 0.500. The molecule has 0 saturated carbocycles. The number of ether oxygens (including phenoxy) is 1. The number of benzene rings is 1. The van der Waals surface area contributed by atoms with Crippen LogP contribution in [0.4, 0.5) is 24.5 Å². The van der Waals surface area contributed by atoms with E-state index in [0.717, 1.165) is 5.69 Å². The maximum Gasteiger partial charge on any atom is 0.389 e. The van der Waals surface area contributed by atoms with Crippen LogP contribution >= 0.6 is 0 Å². The molecule has 1 aromatic carbocycles. The quantitative estimate of drug-likeness (QED) is 0.654. The van der Waals surface area contributed by atoms with Gasteiger partial charge in [0, 0.05) is 32.3 Å². The number of hydrogen-bond acceptors (Lipinski definition) is 3. The lowest BCUT2D eigenvalue weighted by atomic mass is 10.2. The van der Waals surface area contributed by atoms with Crippen LogP contribution in [0.3, 0.4) is 0 Å². The molecule has 3 nitrogen and oxygen atoms in total. The summed E-state index contributed by atoms with van der Waals surface area (Å²) in [5, 5.41) is 0. The first-order chi connectivity index (χ1) is 8.29. The van der Waals surface area contributed by atoms with Gasteiger partial charge in [0.25, 0.3) is 0 Å². The topological polar surface area (TPSA) is 38.5 Å². The van der Waals surface area contributed by atoms with E-state index in [4.69, 9.17) is 10.5 Å². The van der Waals surface area contributed by atoms with Crippen molar-refractivity contribution >= 4 is 11.4 Å². The van der Waals surface area contributed by atoms with Crippen molar-refractivity contribution in [2.24, 2.45) is 0 Å². The van der Waals surface area contributed by atoms with Gasteiger partial charge < -0.3 is 15.4 Å². The number of alkyl halides is 3. The number of nitrogens with two attached hydrogens (primary N) is 1. The third-order valence-electron chi connectivity index (χ3n) is 2.38. The highest BCUT2D eigenvalue weighted by Gasteiger charge is 2.26. The molecular weight excluding hydrogens is 245 g/mol. The lowest BCUT2D eigenvalue weighted by Gasteiger charge is -2.16. The van der Waals surface area contributed by atoms with Gasteiger partial charge in [-0.05, 0) is 18.6 Å². The first kappa shape index (κ1) is 14.5. The highest BCUT2D eigenvalue weighted by molar-refractivity contribution is 5.61. The second-order valence-electron chi connectivity index (χ2n) is 4.18. The molecule has 0 fully saturated rings. The average Bonchev–Trinajstić information content (AvgIpc) is 2.24. The number of anilines is 2. The largest absolute Gasteiger partial charge is 0.491 e. The van der Waals surface area contributed by atoms with Crippen molar-refractivity contribution in [1.29, 1.82) is 0 Å². The molecular formula is C12H17F3N2O. The zero-order chi connectivity index (χ0) is 13.8. The predicted octanol–water partition coefficient (Wildman–Crippen LogP) is 3.06. The third kappa shape index (κ3) is 4.73. The Kier molecular flexibility index (Phi) is 4.69. The lowest BCUT2D eigenvalue weighted by Crippen LogP contribution is -2.11. The molecule has 0 heterocycles. The second-order valence-corrected chi connectivity index (χ2v) is 4.18. The molecule has 18 heavy (non-hydrogen) atoms. The summed E-state index contributed by atoms with van der Waals surface area (Å²) in [6, 6.07) is 5.20. The standard InChI is InChI=1S/C12H17F3N2O/c1-17(2)9-4-5-10(16)11(8-9)18-7-3-6-12(13,14)15/h4-5,8H,3,6-7,16H2,1-2H3.